The van der Waals surface area contributed by atoms with Crippen LogP contribution in [-0.4, -0.2) is 75.5 Å². The molecule has 13 heteroatoms. The Kier molecular flexibility index (Phi) is 12.7. The number of hydrogen-bond donors (Lipinski definition) is 2. The van der Waals surface area contributed by atoms with E-state index in [1.54, 1.807) is 24.3 Å². The number of benzene rings is 2. The van der Waals surface area contributed by atoms with Crippen LogP contribution in [0.5, 0.6) is 0 Å². The molecule has 188 valence electrons. The van der Waals surface area contributed by atoms with Crippen molar-refractivity contribution in [2.75, 3.05) is 25.6 Å². The molecule has 0 amide bonds. The van der Waals surface area contributed by atoms with Crippen molar-refractivity contribution in [1.82, 2.24) is 4.90 Å². The van der Waals surface area contributed by atoms with Gasteiger partial charge in [0.05, 0.1) is 11.5 Å². The molecule has 2 aromatic carbocycles. The molecule has 2 rings (SSSR count). The topological polar surface area (TPSA) is 146 Å². The van der Waals surface area contributed by atoms with Crippen LogP contribution in [0.2, 0.25) is 0 Å². The molecule has 0 spiro atoms. The van der Waals surface area contributed by atoms with E-state index in [1.165, 1.54) is 0 Å². The lowest BCUT2D eigenvalue weighted by Crippen LogP contribution is -2.33. The summed E-state index contributed by atoms with van der Waals surface area (Å²) in [6.45, 7) is 0. The fourth-order valence-corrected chi connectivity index (χ4v) is 8.93. The maximum absolute atomic E-state index is 12.4. The summed E-state index contributed by atoms with van der Waals surface area (Å²) < 4.78 is 49.6. The predicted octanol–water partition coefficient (Wildman–Crippen LogP) is 2.60. The summed E-state index contributed by atoms with van der Waals surface area (Å²) in [5, 5.41) is 14.8. The Morgan fingerprint density at radius 3 is 1.32 bits per heavy atom. The number of rotatable bonds is 11. The zero-order valence-electron chi connectivity index (χ0n) is 18.6. The standard InChI is InChI=1S/C19H25NO4S4.C2H2O4/c1-20(2)19(13-25-27(21,22)15-17-9-5-3-6-10-17)14-26-28(23,24)16-18-11-7-4-8-12-18;3-1(4)2(5)6/h3-12,19H,13-16H2,1-2H3;(H,3,4)(H,5,6). The summed E-state index contributed by atoms with van der Waals surface area (Å²) >= 11 is 0. The van der Waals surface area contributed by atoms with Gasteiger partial charge in [0, 0.05) is 17.5 Å². The van der Waals surface area contributed by atoms with Gasteiger partial charge in [0.2, 0.25) is 17.7 Å². The van der Waals surface area contributed by atoms with Gasteiger partial charge < -0.3 is 15.1 Å². The first-order valence-corrected chi connectivity index (χ1v) is 16.1. The zero-order chi connectivity index (χ0) is 25.8. The van der Waals surface area contributed by atoms with Crippen molar-refractivity contribution in [2.45, 2.75) is 17.5 Å². The number of nitrogens with zero attached hydrogens (tertiary/aromatic N) is 1. The lowest BCUT2D eigenvalue weighted by Gasteiger charge is -2.23. The molecular formula is C21H27NO8S4. The Morgan fingerprint density at radius 2 is 1.06 bits per heavy atom. The number of aliphatic carboxylic acids is 2. The first kappa shape index (κ1) is 30.0. The highest BCUT2D eigenvalue weighted by Gasteiger charge is 2.22. The highest BCUT2D eigenvalue weighted by molar-refractivity contribution is 8.72. The third-order valence-corrected chi connectivity index (χ3v) is 11.0. The van der Waals surface area contributed by atoms with Crippen LogP contribution in [0.1, 0.15) is 11.1 Å². The molecule has 0 fully saturated rings. The van der Waals surface area contributed by atoms with Crippen molar-refractivity contribution in [3.05, 3.63) is 71.8 Å². The maximum Gasteiger partial charge on any atom is 0.414 e. The lowest BCUT2D eigenvalue weighted by atomic mass is 10.2. The van der Waals surface area contributed by atoms with E-state index in [1.807, 2.05) is 55.4 Å². The Labute approximate surface area is 207 Å². The highest BCUT2D eigenvalue weighted by Crippen LogP contribution is 2.25. The van der Waals surface area contributed by atoms with E-state index < -0.39 is 29.7 Å². The van der Waals surface area contributed by atoms with Gasteiger partial charge in [-0.05, 0) is 46.8 Å². The Bertz CT molecular complexity index is 1030. The molecule has 2 aromatic rings. The number of carbonyl (C=O) groups is 2. The van der Waals surface area contributed by atoms with Crippen molar-refractivity contribution in [3.8, 4) is 0 Å². The fraction of sp³-hybridized carbons (Fsp3) is 0.333. The van der Waals surface area contributed by atoms with Crippen molar-refractivity contribution in [3.63, 3.8) is 0 Å². The largest absolute Gasteiger partial charge is 0.473 e. The summed E-state index contributed by atoms with van der Waals surface area (Å²) in [5.74, 6) is -3.08. The summed E-state index contributed by atoms with van der Waals surface area (Å²) in [7, 11) is -1.23. The van der Waals surface area contributed by atoms with Crippen LogP contribution in [0.15, 0.2) is 60.7 Å². The Morgan fingerprint density at radius 1 is 0.735 bits per heavy atom. The van der Waals surface area contributed by atoms with Crippen molar-refractivity contribution in [2.24, 2.45) is 0 Å². The second-order valence-corrected chi connectivity index (χ2v) is 15.6. The fourth-order valence-electron chi connectivity index (χ4n) is 2.35. The quantitative estimate of drug-likeness (QED) is 0.315. The maximum atomic E-state index is 12.4. The van der Waals surface area contributed by atoms with Crippen LogP contribution in [0.25, 0.3) is 0 Å². The first-order chi connectivity index (χ1) is 15.8. The van der Waals surface area contributed by atoms with Crippen molar-refractivity contribution < 1.29 is 36.6 Å². The Hall–Kier alpha value is -2.06. The molecule has 0 bridgehead atoms. The van der Waals surface area contributed by atoms with Crippen LogP contribution in [0.3, 0.4) is 0 Å². The van der Waals surface area contributed by atoms with E-state index in [-0.39, 0.29) is 17.5 Å². The third kappa shape index (κ3) is 13.0. The summed E-state index contributed by atoms with van der Waals surface area (Å²) in [6.07, 6.45) is 0. The summed E-state index contributed by atoms with van der Waals surface area (Å²) in [4.78, 5) is 20.1. The molecule has 0 atom stereocenters. The van der Waals surface area contributed by atoms with Gasteiger partial charge in [0.15, 0.2) is 0 Å². The second-order valence-electron chi connectivity index (χ2n) is 7.17. The van der Waals surface area contributed by atoms with E-state index in [9.17, 15) is 16.8 Å². The molecule has 2 N–H and O–H groups in total. The minimum Gasteiger partial charge on any atom is -0.473 e. The van der Waals surface area contributed by atoms with Crippen LogP contribution in [0.4, 0.5) is 0 Å². The number of carboxylic acid groups (broad SMARTS) is 2. The van der Waals surface area contributed by atoms with Crippen molar-refractivity contribution in [1.29, 1.82) is 0 Å². The molecule has 0 radical (unpaired) electrons. The zero-order valence-corrected chi connectivity index (χ0v) is 21.9. The molecule has 0 unspecified atom stereocenters. The smallest absolute Gasteiger partial charge is 0.414 e. The minimum absolute atomic E-state index is 0.0297. The van der Waals surface area contributed by atoms with Gasteiger partial charge in [-0.15, -0.1) is 0 Å². The molecule has 0 aliphatic carbocycles. The van der Waals surface area contributed by atoms with E-state index in [0.717, 1.165) is 32.7 Å². The van der Waals surface area contributed by atoms with Crippen LogP contribution in [0, 0.1) is 0 Å². The minimum atomic E-state index is -3.33. The summed E-state index contributed by atoms with van der Waals surface area (Å²) in [6, 6.07) is 17.9. The Balaban J connectivity index is 0.000000852. The second kappa shape index (κ2) is 14.4. The molecule has 0 aliphatic rings. The van der Waals surface area contributed by atoms with Crippen LogP contribution in [-0.2, 0) is 38.8 Å². The van der Waals surface area contributed by atoms with Gasteiger partial charge in [-0.2, -0.15) is 0 Å². The van der Waals surface area contributed by atoms with Crippen LogP contribution >= 0.6 is 21.6 Å². The van der Waals surface area contributed by atoms with E-state index >= 15 is 0 Å². The van der Waals surface area contributed by atoms with Crippen LogP contribution < -0.4 is 0 Å². The highest BCUT2D eigenvalue weighted by atomic mass is 33.1. The van der Waals surface area contributed by atoms with Gasteiger partial charge >= 0.3 is 11.9 Å². The molecule has 34 heavy (non-hydrogen) atoms. The monoisotopic (exact) mass is 549 g/mol. The van der Waals surface area contributed by atoms with Gasteiger partial charge in [0.1, 0.15) is 0 Å². The van der Waals surface area contributed by atoms with Gasteiger partial charge in [-0.25, -0.2) is 26.4 Å². The van der Waals surface area contributed by atoms with Gasteiger partial charge in [0.25, 0.3) is 0 Å². The first-order valence-electron chi connectivity index (χ1n) is 9.76. The lowest BCUT2D eigenvalue weighted by molar-refractivity contribution is -0.159. The number of hydrogen-bond acceptors (Lipinski definition) is 9. The molecule has 0 saturated carbocycles. The van der Waals surface area contributed by atoms with Crippen molar-refractivity contribution >= 4 is 51.3 Å². The predicted molar refractivity (Wildman–Crippen MR) is 136 cm³/mol. The van der Waals surface area contributed by atoms with E-state index in [0.29, 0.717) is 11.5 Å². The van der Waals surface area contributed by atoms with Gasteiger partial charge in [-0.1, -0.05) is 60.7 Å². The third-order valence-electron chi connectivity index (χ3n) is 4.17. The SMILES string of the molecule is CN(C)C(CSS(=O)(=O)Cc1ccccc1)CSS(=O)(=O)Cc1ccccc1.O=C(O)C(=O)O. The molecule has 0 saturated heterocycles. The van der Waals surface area contributed by atoms with E-state index in [4.69, 9.17) is 19.8 Å². The normalized spacial score (nSPS) is 11.6. The average molecular weight is 550 g/mol. The molecule has 9 nitrogen and oxygen atoms in total. The molecular weight excluding hydrogens is 522 g/mol. The van der Waals surface area contributed by atoms with E-state index in [2.05, 4.69) is 0 Å². The molecule has 0 aromatic heterocycles. The molecule has 0 aliphatic heterocycles. The van der Waals surface area contributed by atoms with Gasteiger partial charge in [-0.3, -0.25) is 0 Å². The molecule has 0 heterocycles. The average Bonchev–Trinajstić information content (AvgIpc) is 2.74. The summed E-state index contributed by atoms with van der Waals surface area (Å²) in [5.41, 5.74) is 1.49. The number of carboxylic acids is 2.